The lowest BCUT2D eigenvalue weighted by molar-refractivity contribution is -0.213. The highest BCUT2D eigenvalue weighted by Gasteiger charge is 2.47. The molecule has 1 aliphatic heterocycles. The van der Waals surface area contributed by atoms with E-state index in [1.165, 1.54) is 32.5 Å². The van der Waals surface area contributed by atoms with Gasteiger partial charge in [0.05, 0.1) is 6.61 Å². The Morgan fingerprint density at radius 3 is 2.00 bits per heavy atom. The van der Waals surface area contributed by atoms with Gasteiger partial charge in [-0.3, -0.25) is 14.4 Å². The van der Waals surface area contributed by atoms with Crippen LogP contribution in [0.4, 0.5) is 0 Å². The molecule has 26 heavy (non-hydrogen) atoms. The van der Waals surface area contributed by atoms with Crippen molar-refractivity contribution in [2.45, 2.75) is 56.3 Å². The van der Waals surface area contributed by atoms with Crippen LogP contribution in [0.15, 0.2) is 29.2 Å². The molecule has 0 bridgehead atoms. The predicted molar refractivity (Wildman–Crippen MR) is 93.4 cm³/mol. The zero-order valence-electron chi connectivity index (χ0n) is 15.1. The van der Waals surface area contributed by atoms with Gasteiger partial charge in [0.25, 0.3) is 0 Å². The Morgan fingerprint density at radius 2 is 1.46 bits per heavy atom. The first-order valence-electron chi connectivity index (χ1n) is 8.13. The van der Waals surface area contributed by atoms with E-state index in [1.54, 1.807) is 0 Å². The lowest BCUT2D eigenvalue weighted by Gasteiger charge is -2.40. The summed E-state index contributed by atoms with van der Waals surface area (Å²) in [6.45, 7) is 5.76. The highest BCUT2D eigenvalue weighted by molar-refractivity contribution is 7.99. The molecule has 0 unspecified atom stereocenters. The number of esters is 3. The minimum atomic E-state index is -0.947. The number of aryl methyl sites for hydroxylation is 1. The maximum Gasteiger partial charge on any atom is 0.303 e. The largest absolute Gasteiger partial charge is 0.456 e. The molecule has 142 valence electrons. The monoisotopic (exact) mass is 382 g/mol. The first-order chi connectivity index (χ1) is 12.3. The summed E-state index contributed by atoms with van der Waals surface area (Å²) < 4.78 is 21.6. The van der Waals surface area contributed by atoms with Crippen LogP contribution in [-0.2, 0) is 33.3 Å². The summed E-state index contributed by atoms with van der Waals surface area (Å²) in [5, 5.41) is 0. The Morgan fingerprint density at radius 1 is 0.923 bits per heavy atom. The average Bonchev–Trinajstić information content (AvgIpc) is 2.53. The fraction of sp³-hybridized carbons (Fsp3) is 0.500. The molecule has 1 aliphatic rings. The molecular formula is C18H22O7S. The van der Waals surface area contributed by atoms with Crippen LogP contribution in [0.1, 0.15) is 26.3 Å². The van der Waals surface area contributed by atoms with Crippen molar-refractivity contribution in [2.75, 3.05) is 6.61 Å². The first-order valence-corrected chi connectivity index (χ1v) is 9.01. The van der Waals surface area contributed by atoms with Crippen molar-refractivity contribution < 1.29 is 33.3 Å². The molecular weight excluding hydrogens is 360 g/mol. The molecule has 0 amide bonds. The Hall–Kier alpha value is -2.06. The summed E-state index contributed by atoms with van der Waals surface area (Å²) in [7, 11) is 0. The van der Waals surface area contributed by atoms with E-state index in [4.69, 9.17) is 18.9 Å². The van der Waals surface area contributed by atoms with Gasteiger partial charge in [0.2, 0.25) is 0 Å². The zero-order chi connectivity index (χ0) is 19.3. The molecule has 1 aromatic rings. The van der Waals surface area contributed by atoms with Gasteiger partial charge in [0.15, 0.2) is 18.3 Å². The molecule has 7 nitrogen and oxygen atoms in total. The summed E-state index contributed by atoms with van der Waals surface area (Å²) in [4.78, 5) is 35.4. The van der Waals surface area contributed by atoms with Gasteiger partial charge in [-0.1, -0.05) is 29.5 Å². The smallest absolute Gasteiger partial charge is 0.303 e. The van der Waals surface area contributed by atoms with Gasteiger partial charge in [-0.2, -0.15) is 0 Å². The summed E-state index contributed by atoms with van der Waals surface area (Å²) in [5.74, 6) is -1.65. The second-order valence-corrected chi connectivity index (χ2v) is 7.10. The van der Waals surface area contributed by atoms with Crippen molar-refractivity contribution in [2.24, 2.45) is 0 Å². The predicted octanol–water partition coefficient (Wildman–Crippen LogP) is 2.24. The molecule has 0 saturated carbocycles. The van der Waals surface area contributed by atoms with E-state index in [0.717, 1.165) is 10.5 Å². The van der Waals surface area contributed by atoms with Crippen molar-refractivity contribution in [3.8, 4) is 0 Å². The third kappa shape index (κ3) is 5.74. The topological polar surface area (TPSA) is 88.1 Å². The van der Waals surface area contributed by atoms with E-state index in [1.807, 2.05) is 31.2 Å². The molecule has 4 atom stereocenters. The van der Waals surface area contributed by atoms with Gasteiger partial charge in [0, 0.05) is 25.7 Å². The molecule has 8 heteroatoms. The molecule has 0 N–H and O–H groups in total. The van der Waals surface area contributed by atoms with E-state index < -0.39 is 41.7 Å². The van der Waals surface area contributed by atoms with Crippen LogP contribution in [0.5, 0.6) is 0 Å². The summed E-state index contributed by atoms with van der Waals surface area (Å²) in [6, 6.07) is 7.76. The van der Waals surface area contributed by atoms with E-state index >= 15 is 0 Å². The highest BCUT2D eigenvalue weighted by atomic mass is 32.2. The molecule has 0 aromatic heterocycles. The van der Waals surface area contributed by atoms with Crippen LogP contribution < -0.4 is 0 Å². The van der Waals surface area contributed by atoms with Crippen molar-refractivity contribution in [3.05, 3.63) is 29.8 Å². The van der Waals surface area contributed by atoms with Crippen LogP contribution >= 0.6 is 11.8 Å². The number of thioether (sulfide) groups is 1. The molecule has 0 aliphatic carbocycles. The minimum Gasteiger partial charge on any atom is -0.456 e. The van der Waals surface area contributed by atoms with E-state index in [-0.39, 0.29) is 6.61 Å². The first kappa shape index (κ1) is 20.3. The van der Waals surface area contributed by atoms with Gasteiger partial charge in [0.1, 0.15) is 5.44 Å². The number of rotatable bonds is 5. The number of hydrogen-bond acceptors (Lipinski definition) is 8. The van der Waals surface area contributed by atoms with Crippen LogP contribution in [0.3, 0.4) is 0 Å². The van der Waals surface area contributed by atoms with Crippen molar-refractivity contribution >= 4 is 29.7 Å². The fourth-order valence-electron chi connectivity index (χ4n) is 2.56. The minimum absolute atomic E-state index is 0.0266. The molecule has 0 radical (unpaired) electrons. The SMILES string of the molecule is CC(=O)O[C@@H]1[C@@H](OC(C)=O)[C@@H](Sc2ccc(C)cc2)OC[C@@H]1OC(C)=O. The lowest BCUT2D eigenvalue weighted by Crippen LogP contribution is -2.56. The number of carbonyl (C=O) groups is 3. The number of hydrogen-bond donors (Lipinski definition) is 0. The third-order valence-corrected chi connectivity index (χ3v) is 4.76. The molecule has 0 spiro atoms. The number of carbonyl (C=O) groups excluding carboxylic acids is 3. The summed E-state index contributed by atoms with van der Waals surface area (Å²) in [6.07, 6.45) is -2.71. The molecule has 1 heterocycles. The molecule has 1 saturated heterocycles. The van der Waals surface area contributed by atoms with Gasteiger partial charge >= 0.3 is 17.9 Å². The second kappa shape index (κ2) is 9.05. The van der Waals surface area contributed by atoms with Gasteiger partial charge < -0.3 is 18.9 Å². The van der Waals surface area contributed by atoms with Gasteiger partial charge in [-0.05, 0) is 19.1 Å². The lowest BCUT2D eigenvalue weighted by atomic mass is 10.1. The van der Waals surface area contributed by atoms with E-state index in [9.17, 15) is 14.4 Å². The van der Waals surface area contributed by atoms with Crippen LogP contribution in [-0.4, -0.2) is 48.3 Å². The van der Waals surface area contributed by atoms with E-state index in [0.29, 0.717) is 0 Å². The molecule has 1 fully saturated rings. The quantitative estimate of drug-likeness (QED) is 0.566. The van der Waals surface area contributed by atoms with Crippen LogP contribution in [0, 0.1) is 6.92 Å². The van der Waals surface area contributed by atoms with Crippen LogP contribution in [0.25, 0.3) is 0 Å². The van der Waals surface area contributed by atoms with Gasteiger partial charge in [-0.15, -0.1) is 0 Å². The Kier molecular flexibility index (Phi) is 7.05. The van der Waals surface area contributed by atoms with E-state index in [2.05, 4.69) is 0 Å². The Balaban J connectivity index is 2.25. The normalized spacial score (nSPS) is 25.2. The van der Waals surface area contributed by atoms with Crippen molar-refractivity contribution in [1.82, 2.24) is 0 Å². The molecule has 1 aromatic carbocycles. The van der Waals surface area contributed by atoms with Crippen molar-refractivity contribution in [3.63, 3.8) is 0 Å². The average molecular weight is 382 g/mol. The number of benzene rings is 1. The van der Waals surface area contributed by atoms with Gasteiger partial charge in [-0.25, -0.2) is 0 Å². The maximum absolute atomic E-state index is 11.6. The van der Waals surface area contributed by atoms with Crippen molar-refractivity contribution in [1.29, 1.82) is 0 Å². The maximum atomic E-state index is 11.6. The summed E-state index contributed by atoms with van der Waals surface area (Å²) in [5.41, 5.74) is 0.501. The second-order valence-electron chi connectivity index (χ2n) is 5.93. The Bertz CT molecular complexity index is 658. The number of ether oxygens (including phenoxy) is 4. The fourth-order valence-corrected chi connectivity index (χ4v) is 3.61. The Labute approximate surface area is 156 Å². The third-order valence-electron chi connectivity index (χ3n) is 3.58. The standard InChI is InChI=1S/C18H22O7S/c1-10-5-7-14(8-6-10)26-18-17(25-13(4)21)16(24-12(3)20)15(9-22-18)23-11(2)19/h5-8,15-18H,9H2,1-4H3/t15-,16-,17+,18+/m0/s1. The van der Waals surface area contributed by atoms with Crippen LogP contribution in [0.2, 0.25) is 0 Å². The highest BCUT2D eigenvalue weighted by Crippen LogP contribution is 2.34. The zero-order valence-corrected chi connectivity index (χ0v) is 15.9. The molecule has 2 rings (SSSR count). The summed E-state index contributed by atoms with van der Waals surface area (Å²) >= 11 is 1.34.